The number of fused-ring (bicyclic) bond motifs is 1. The molecule has 0 N–H and O–H groups in total. The van der Waals surface area contributed by atoms with Crippen LogP contribution in [0.3, 0.4) is 0 Å². The number of carbonyl (C=O) groups excluding carboxylic acids is 1. The summed E-state index contributed by atoms with van der Waals surface area (Å²) in [5.74, 6) is -0.349. The normalized spacial score (nSPS) is 18.7. The standard InChI is InChI=1S/C17H14N4O3S/c1-12-11-16(22)21(18-12)17-19-25(23,24)15-10-6-5-9-14(15)20(17)13-7-3-2-4-8-13/h2-10H,11H2,1H3. The molecule has 2 aliphatic rings. The van der Waals surface area contributed by atoms with Crippen molar-refractivity contribution in [2.45, 2.75) is 18.2 Å². The summed E-state index contributed by atoms with van der Waals surface area (Å²) < 4.78 is 29.1. The summed E-state index contributed by atoms with van der Waals surface area (Å²) in [7, 11) is -3.93. The number of hydrogen-bond donors (Lipinski definition) is 0. The summed E-state index contributed by atoms with van der Waals surface area (Å²) >= 11 is 0. The molecule has 7 nitrogen and oxygen atoms in total. The van der Waals surface area contributed by atoms with Gasteiger partial charge >= 0.3 is 0 Å². The molecule has 0 unspecified atom stereocenters. The fourth-order valence-corrected chi connectivity index (χ4v) is 3.99. The first-order valence-corrected chi connectivity index (χ1v) is 9.07. The Balaban J connectivity index is 1.98. The minimum atomic E-state index is -3.93. The first-order chi connectivity index (χ1) is 12.0. The van der Waals surface area contributed by atoms with E-state index >= 15 is 0 Å². The van der Waals surface area contributed by atoms with Gasteiger partial charge in [-0.2, -0.15) is 18.5 Å². The van der Waals surface area contributed by atoms with Gasteiger partial charge in [0.25, 0.3) is 21.9 Å². The molecule has 0 saturated carbocycles. The van der Waals surface area contributed by atoms with E-state index in [1.165, 1.54) is 6.07 Å². The average Bonchev–Trinajstić information content (AvgIpc) is 2.93. The second-order valence-corrected chi connectivity index (χ2v) is 7.30. The smallest absolute Gasteiger partial charge is 0.277 e. The zero-order valence-electron chi connectivity index (χ0n) is 13.3. The maximum absolute atomic E-state index is 12.6. The predicted octanol–water partition coefficient (Wildman–Crippen LogP) is 2.49. The maximum atomic E-state index is 12.6. The number of hydrazone groups is 1. The van der Waals surface area contributed by atoms with Gasteiger partial charge in [-0.1, -0.05) is 30.3 Å². The van der Waals surface area contributed by atoms with Gasteiger partial charge < -0.3 is 0 Å². The molecule has 4 rings (SSSR count). The van der Waals surface area contributed by atoms with Gasteiger partial charge in [0, 0.05) is 11.4 Å². The van der Waals surface area contributed by atoms with Gasteiger partial charge in [0.15, 0.2) is 0 Å². The molecule has 8 heteroatoms. The summed E-state index contributed by atoms with van der Waals surface area (Å²) in [4.78, 5) is 14.0. The Morgan fingerprint density at radius 1 is 1.00 bits per heavy atom. The molecule has 0 atom stereocenters. The minimum Gasteiger partial charge on any atom is -0.277 e. The summed E-state index contributed by atoms with van der Waals surface area (Å²) in [5, 5.41) is 5.24. The molecular weight excluding hydrogens is 340 g/mol. The van der Waals surface area contributed by atoms with Gasteiger partial charge in [-0.05, 0) is 31.2 Å². The van der Waals surface area contributed by atoms with Crippen molar-refractivity contribution in [1.82, 2.24) is 5.01 Å². The first-order valence-electron chi connectivity index (χ1n) is 7.63. The molecule has 0 bridgehead atoms. The molecule has 2 aliphatic heterocycles. The van der Waals surface area contributed by atoms with E-state index in [4.69, 9.17) is 0 Å². The van der Waals surface area contributed by atoms with Crippen molar-refractivity contribution in [3.63, 3.8) is 0 Å². The number of nitrogens with zero attached hydrogens (tertiary/aromatic N) is 4. The number of anilines is 2. The highest BCUT2D eigenvalue weighted by Gasteiger charge is 2.38. The molecule has 2 heterocycles. The molecule has 0 aromatic heterocycles. The molecule has 1 amide bonds. The van der Waals surface area contributed by atoms with Crippen LogP contribution < -0.4 is 4.90 Å². The lowest BCUT2D eigenvalue weighted by Gasteiger charge is -2.32. The molecule has 0 radical (unpaired) electrons. The Hall–Kier alpha value is -3.00. The van der Waals surface area contributed by atoms with Crippen molar-refractivity contribution >= 4 is 39.0 Å². The van der Waals surface area contributed by atoms with Crippen LogP contribution >= 0.6 is 0 Å². The van der Waals surface area contributed by atoms with Gasteiger partial charge in [-0.15, -0.1) is 4.40 Å². The zero-order valence-corrected chi connectivity index (χ0v) is 14.1. The number of amides is 1. The van der Waals surface area contributed by atoms with Crippen molar-refractivity contribution in [2.24, 2.45) is 9.50 Å². The summed E-state index contributed by atoms with van der Waals surface area (Å²) in [5.41, 5.74) is 1.74. The van der Waals surface area contributed by atoms with Gasteiger partial charge in [0.1, 0.15) is 4.90 Å². The van der Waals surface area contributed by atoms with E-state index in [2.05, 4.69) is 9.50 Å². The molecule has 25 heavy (non-hydrogen) atoms. The van der Waals surface area contributed by atoms with E-state index < -0.39 is 10.0 Å². The molecule has 0 spiro atoms. The second-order valence-electron chi connectivity index (χ2n) is 5.72. The lowest BCUT2D eigenvalue weighted by molar-refractivity contribution is -0.125. The fourth-order valence-electron chi connectivity index (χ4n) is 2.84. The summed E-state index contributed by atoms with van der Waals surface area (Å²) in [6.45, 7) is 1.72. The van der Waals surface area contributed by atoms with Crippen LogP contribution in [-0.2, 0) is 14.8 Å². The van der Waals surface area contributed by atoms with Crippen LogP contribution in [0.2, 0.25) is 0 Å². The van der Waals surface area contributed by atoms with Crippen molar-refractivity contribution in [3.8, 4) is 0 Å². The Morgan fingerprint density at radius 3 is 2.36 bits per heavy atom. The van der Waals surface area contributed by atoms with Crippen LogP contribution in [-0.4, -0.2) is 31.0 Å². The Labute approximate surface area is 145 Å². The van der Waals surface area contributed by atoms with E-state index in [-0.39, 0.29) is 23.2 Å². The quantitative estimate of drug-likeness (QED) is 0.788. The number of rotatable bonds is 1. The van der Waals surface area contributed by atoms with Crippen molar-refractivity contribution in [2.75, 3.05) is 4.90 Å². The minimum absolute atomic E-state index is 0.0354. The van der Waals surface area contributed by atoms with Gasteiger partial charge in [0.2, 0.25) is 0 Å². The monoisotopic (exact) mass is 354 g/mol. The first kappa shape index (κ1) is 15.5. The lowest BCUT2D eigenvalue weighted by Crippen LogP contribution is -2.43. The third kappa shape index (κ3) is 2.51. The number of guanidine groups is 1. The zero-order chi connectivity index (χ0) is 17.6. The van der Waals surface area contributed by atoms with Gasteiger partial charge in [-0.25, -0.2) is 0 Å². The summed E-state index contributed by atoms with van der Waals surface area (Å²) in [6.07, 6.45) is 0.142. The predicted molar refractivity (Wildman–Crippen MR) is 94.2 cm³/mol. The average molecular weight is 354 g/mol. The number of hydrogen-bond acceptors (Lipinski definition) is 5. The topological polar surface area (TPSA) is 82.4 Å². The number of para-hydroxylation sites is 2. The van der Waals surface area contributed by atoms with E-state index in [1.807, 2.05) is 30.3 Å². The van der Waals surface area contributed by atoms with Crippen LogP contribution in [0.4, 0.5) is 11.4 Å². The fraction of sp³-hybridized carbons (Fsp3) is 0.118. The van der Waals surface area contributed by atoms with E-state index in [0.717, 1.165) is 5.01 Å². The SMILES string of the molecule is CC1=NN(C2=NS(=O)(=O)c3ccccc3N2c2ccccc2)C(=O)C1. The number of sulfonamides is 1. The maximum Gasteiger partial charge on any atom is 0.287 e. The van der Waals surface area contributed by atoms with Gasteiger partial charge in [0.05, 0.1) is 12.1 Å². The molecule has 2 aromatic rings. The highest BCUT2D eigenvalue weighted by atomic mass is 32.2. The lowest BCUT2D eigenvalue weighted by atomic mass is 10.2. The van der Waals surface area contributed by atoms with Crippen LogP contribution in [0.25, 0.3) is 0 Å². The third-order valence-electron chi connectivity index (χ3n) is 3.90. The van der Waals surface area contributed by atoms with Crippen LogP contribution in [0.5, 0.6) is 0 Å². The number of carbonyl (C=O) groups is 1. The Kier molecular flexibility index (Phi) is 3.43. The Bertz CT molecular complexity index is 1030. The van der Waals surface area contributed by atoms with E-state index in [9.17, 15) is 13.2 Å². The van der Waals surface area contributed by atoms with Gasteiger partial charge in [-0.3, -0.25) is 9.69 Å². The van der Waals surface area contributed by atoms with Crippen LogP contribution in [0.15, 0.2) is 69.0 Å². The molecule has 126 valence electrons. The van der Waals surface area contributed by atoms with E-state index in [0.29, 0.717) is 17.1 Å². The van der Waals surface area contributed by atoms with Crippen molar-refractivity contribution in [1.29, 1.82) is 0 Å². The molecule has 2 aromatic carbocycles. The molecule has 0 fully saturated rings. The molecular formula is C17H14N4O3S. The highest BCUT2D eigenvalue weighted by Crippen LogP contribution is 2.37. The Morgan fingerprint density at radius 2 is 1.68 bits per heavy atom. The largest absolute Gasteiger partial charge is 0.287 e. The second kappa shape index (κ2) is 5.52. The van der Waals surface area contributed by atoms with Crippen LogP contribution in [0.1, 0.15) is 13.3 Å². The van der Waals surface area contributed by atoms with Crippen molar-refractivity contribution in [3.05, 3.63) is 54.6 Å². The van der Waals surface area contributed by atoms with Crippen molar-refractivity contribution < 1.29 is 13.2 Å². The molecule has 0 aliphatic carbocycles. The molecule has 0 saturated heterocycles. The summed E-state index contributed by atoms with van der Waals surface area (Å²) in [6, 6.07) is 15.7. The highest BCUT2D eigenvalue weighted by molar-refractivity contribution is 7.90. The number of benzene rings is 2. The van der Waals surface area contributed by atoms with E-state index in [1.54, 1.807) is 30.0 Å². The third-order valence-corrected chi connectivity index (χ3v) is 5.21. The van der Waals surface area contributed by atoms with Crippen LogP contribution in [0, 0.1) is 0 Å².